The molecule has 0 aliphatic carbocycles. The van der Waals surface area contributed by atoms with Crippen LogP contribution >= 0.6 is 15.9 Å². The van der Waals surface area contributed by atoms with Crippen LogP contribution in [0.25, 0.3) is 0 Å². The fourth-order valence-corrected chi connectivity index (χ4v) is 2.79. The van der Waals surface area contributed by atoms with E-state index in [1.165, 1.54) is 6.07 Å². The Balaban J connectivity index is 2.56. The third-order valence-electron chi connectivity index (χ3n) is 3.33. The number of hydrogen-bond acceptors (Lipinski definition) is 1. The molecule has 21 heavy (non-hydrogen) atoms. The van der Waals surface area contributed by atoms with E-state index in [1.54, 1.807) is 0 Å². The van der Waals surface area contributed by atoms with E-state index in [0.717, 1.165) is 21.7 Å². The van der Waals surface area contributed by atoms with Crippen molar-refractivity contribution in [3.63, 3.8) is 0 Å². The minimum absolute atomic E-state index is 0.0983. The molecule has 2 rings (SSSR count). The molecular formula is C16H15BrF3N. The van der Waals surface area contributed by atoms with Gasteiger partial charge in [0.2, 0.25) is 0 Å². The lowest BCUT2D eigenvalue weighted by molar-refractivity contribution is 0.433. The second kappa shape index (κ2) is 6.62. The van der Waals surface area contributed by atoms with Crippen LogP contribution in [0.4, 0.5) is 13.2 Å². The second-order valence-corrected chi connectivity index (χ2v) is 5.67. The Morgan fingerprint density at radius 1 is 1.05 bits per heavy atom. The molecule has 112 valence electrons. The van der Waals surface area contributed by atoms with Gasteiger partial charge in [0.05, 0.1) is 6.04 Å². The molecule has 0 aromatic heterocycles. The van der Waals surface area contributed by atoms with Gasteiger partial charge in [0.1, 0.15) is 0 Å². The van der Waals surface area contributed by atoms with Crippen LogP contribution in [-0.2, 0) is 0 Å². The van der Waals surface area contributed by atoms with Crippen molar-refractivity contribution < 1.29 is 13.2 Å². The number of aryl methyl sites for hydroxylation is 1. The van der Waals surface area contributed by atoms with Crippen molar-refractivity contribution in [1.82, 2.24) is 5.32 Å². The molecule has 1 unspecified atom stereocenters. The predicted molar refractivity (Wildman–Crippen MR) is 80.7 cm³/mol. The van der Waals surface area contributed by atoms with Crippen molar-refractivity contribution in [1.29, 1.82) is 0 Å². The highest BCUT2D eigenvalue weighted by molar-refractivity contribution is 9.10. The third-order valence-corrected chi connectivity index (χ3v) is 3.82. The summed E-state index contributed by atoms with van der Waals surface area (Å²) < 4.78 is 41.6. The molecule has 2 aromatic carbocycles. The molecule has 5 heteroatoms. The van der Waals surface area contributed by atoms with E-state index >= 15 is 0 Å². The summed E-state index contributed by atoms with van der Waals surface area (Å²) in [5, 5.41) is 3.12. The fourth-order valence-electron chi connectivity index (χ4n) is 2.32. The maximum Gasteiger partial charge on any atom is 0.194 e. The van der Waals surface area contributed by atoms with Gasteiger partial charge in [0, 0.05) is 10.0 Å². The molecule has 0 saturated heterocycles. The molecule has 0 heterocycles. The van der Waals surface area contributed by atoms with Gasteiger partial charge < -0.3 is 5.32 Å². The van der Waals surface area contributed by atoms with Crippen molar-refractivity contribution in [3.05, 3.63) is 68.9 Å². The van der Waals surface area contributed by atoms with Gasteiger partial charge >= 0.3 is 0 Å². The summed E-state index contributed by atoms with van der Waals surface area (Å²) in [6.45, 7) is 4.33. The lowest BCUT2D eigenvalue weighted by atomic mass is 9.94. The molecule has 0 aliphatic rings. The van der Waals surface area contributed by atoms with E-state index in [9.17, 15) is 13.2 Å². The normalized spacial score (nSPS) is 12.5. The molecule has 0 spiro atoms. The van der Waals surface area contributed by atoms with Crippen molar-refractivity contribution in [2.75, 3.05) is 6.54 Å². The second-order valence-electron chi connectivity index (χ2n) is 4.76. The molecule has 0 amide bonds. The van der Waals surface area contributed by atoms with Crippen LogP contribution in [0.1, 0.15) is 29.7 Å². The number of nitrogens with one attached hydrogen (secondary N) is 1. The number of hydrogen-bond donors (Lipinski definition) is 1. The lowest BCUT2D eigenvalue weighted by Gasteiger charge is -2.22. The van der Waals surface area contributed by atoms with Gasteiger partial charge in [-0.25, -0.2) is 13.2 Å². The predicted octanol–water partition coefficient (Wildman–Crippen LogP) is 4.87. The lowest BCUT2D eigenvalue weighted by Crippen LogP contribution is -2.24. The highest BCUT2D eigenvalue weighted by Crippen LogP contribution is 2.30. The molecule has 0 saturated carbocycles. The molecule has 0 aliphatic heterocycles. The highest BCUT2D eigenvalue weighted by atomic mass is 79.9. The molecule has 1 N–H and O–H groups in total. The van der Waals surface area contributed by atoms with Crippen LogP contribution in [-0.4, -0.2) is 6.54 Å². The van der Waals surface area contributed by atoms with Crippen LogP contribution < -0.4 is 5.32 Å². The summed E-state index contributed by atoms with van der Waals surface area (Å²) in [7, 11) is 0. The summed E-state index contributed by atoms with van der Waals surface area (Å²) in [5.74, 6) is -3.77. The quantitative estimate of drug-likeness (QED) is 0.769. The largest absolute Gasteiger partial charge is 0.306 e. The first-order valence-corrected chi connectivity index (χ1v) is 7.37. The Bertz CT molecular complexity index is 658. The van der Waals surface area contributed by atoms with Gasteiger partial charge in [-0.1, -0.05) is 35.0 Å². The van der Waals surface area contributed by atoms with Gasteiger partial charge in [-0.15, -0.1) is 0 Å². The SMILES string of the molecule is CCNC(c1ccc(Br)cc1C)c1ccc(F)c(F)c1F. The Labute approximate surface area is 130 Å². The minimum atomic E-state index is -1.44. The topological polar surface area (TPSA) is 12.0 Å². The summed E-state index contributed by atoms with van der Waals surface area (Å²) in [6.07, 6.45) is 0. The smallest absolute Gasteiger partial charge is 0.194 e. The number of rotatable bonds is 4. The van der Waals surface area contributed by atoms with E-state index in [4.69, 9.17) is 0 Å². The maximum atomic E-state index is 14.1. The molecule has 0 fully saturated rings. The van der Waals surface area contributed by atoms with E-state index in [0.29, 0.717) is 6.54 Å². The van der Waals surface area contributed by atoms with Crippen molar-refractivity contribution in [2.45, 2.75) is 19.9 Å². The Morgan fingerprint density at radius 3 is 2.33 bits per heavy atom. The fraction of sp³-hybridized carbons (Fsp3) is 0.250. The van der Waals surface area contributed by atoms with Crippen LogP contribution in [0.5, 0.6) is 0 Å². The van der Waals surface area contributed by atoms with Crippen molar-refractivity contribution in [3.8, 4) is 0 Å². The van der Waals surface area contributed by atoms with E-state index in [2.05, 4.69) is 21.2 Å². The molecule has 0 radical (unpaired) electrons. The zero-order valence-electron chi connectivity index (χ0n) is 11.7. The van der Waals surface area contributed by atoms with Crippen molar-refractivity contribution in [2.24, 2.45) is 0 Å². The minimum Gasteiger partial charge on any atom is -0.306 e. The average molecular weight is 358 g/mol. The molecule has 0 bridgehead atoms. The molecule has 2 aromatic rings. The third kappa shape index (κ3) is 3.30. The Hall–Kier alpha value is -1.33. The van der Waals surface area contributed by atoms with Gasteiger partial charge in [0.15, 0.2) is 17.5 Å². The standard InChI is InChI=1S/C16H15BrF3N/c1-3-21-16(11-5-4-10(17)8-9(11)2)12-6-7-13(18)15(20)14(12)19/h4-8,16,21H,3H2,1-2H3. The Kier molecular flexibility index (Phi) is 5.06. The summed E-state index contributed by atoms with van der Waals surface area (Å²) in [5.41, 5.74) is 1.85. The monoisotopic (exact) mass is 357 g/mol. The van der Waals surface area contributed by atoms with Gasteiger partial charge in [-0.05, 0) is 42.8 Å². The zero-order chi connectivity index (χ0) is 15.6. The molecule has 1 nitrogen and oxygen atoms in total. The first kappa shape index (κ1) is 16.0. The molecular weight excluding hydrogens is 343 g/mol. The average Bonchev–Trinajstić information content (AvgIpc) is 2.44. The van der Waals surface area contributed by atoms with E-state index in [-0.39, 0.29) is 5.56 Å². The van der Waals surface area contributed by atoms with Gasteiger partial charge in [0.25, 0.3) is 0 Å². The molecule has 1 atom stereocenters. The van der Waals surface area contributed by atoms with E-state index < -0.39 is 23.5 Å². The summed E-state index contributed by atoms with van der Waals surface area (Å²) in [6, 6.07) is 7.28. The number of benzene rings is 2. The number of halogens is 4. The maximum absolute atomic E-state index is 14.1. The first-order valence-electron chi connectivity index (χ1n) is 6.58. The van der Waals surface area contributed by atoms with Crippen molar-refractivity contribution >= 4 is 15.9 Å². The summed E-state index contributed by atoms with van der Waals surface area (Å²) in [4.78, 5) is 0. The van der Waals surface area contributed by atoms with Crippen LogP contribution in [0.2, 0.25) is 0 Å². The summed E-state index contributed by atoms with van der Waals surface area (Å²) >= 11 is 3.37. The Morgan fingerprint density at radius 2 is 1.71 bits per heavy atom. The van der Waals surface area contributed by atoms with E-state index in [1.807, 2.05) is 32.0 Å². The zero-order valence-corrected chi connectivity index (χ0v) is 13.3. The van der Waals surface area contributed by atoms with Gasteiger partial charge in [-0.2, -0.15) is 0 Å². The van der Waals surface area contributed by atoms with Crippen LogP contribution in [0.3, 0.4) is 0 Å². The highest BCUT2D eigenvalue weighted by Gasteiger charge is 2.22. The van der Waals surface area contributed by atoms with Gasteiger partial charge in [-0.3, -0.25) is 0 Å². The van der Waals surface area contributed by atoms with Crippen LogP contribution in [0, 0.1) is 24.4 Å². The van der Waals surface area contributed by atoms with Crippen LogP contribution in [0.15, 0.2) is 34.8 Å². The first-order chi connectivity index (χ1) is 9.95.